The lowest BCUT2D eigenvalue weighted by Gasteiger charge is -2.19. The van der Waals surface area contributed by atoms with Crippen molar-refractivity contribution in [1.82, 2.24) is 15.2 Å². The molecule has 0 aliphatic rings. The number of hydrogen-bond donors (Lipinski definition) is 2. The van der Waals surface area contributed by atoms with Crippen LogP contribution in [-0.4, -0.2) is 23.5 Å². The molecule has 2 rings (SSSR count). The Hall–Kier alpha value is -2.05. The number of hydrazine groups is 1. The predicted molar refractivity (Wildman–Crippen MR) is 76.5 cm³/mol. The standard InChI is InChI=1S/C14H20N4O2/c1-3-18-14(13(19-2)9-16-18)12(17-15)10-20-11-7-5-4-6-8-11/h4-9,12,17H,3,10,15H2,1-2H3. The number of rotatable bonds is 7. The van der Waals surface area contributed by atoms with E-state index in [2.05, 4.69) is 10.5 Å². The van der Waals surface area contributed by atoms with Crippen LogP contribution >= 0.6 is 0 Å². The minimum Gasteiger partial charge on any atom is -0.493 e. The highest BCUT2D eigenvalue weighted by Gasteiger charge is 2.21. The summed E-state index contributed by atoms with van der Waals surface area (Å²) in [7, 11) is 1.62. The highest BCUT2D eigenvalue weighted by Crippen LogP contribution is 2.25. The molecule has 20 heavy (non-hydrogen) atoms. The van der Waals surface area contributed by atoms with E-state index in [1.165, 1.54) is 0 Å². The number of benzene rings is 1. The second-order valence-corrected chi connectivity index (χ2v) is 4.26. The first-order chi connectivity index (χ1) is 9.80. The Labute approximate surface area is 118 Å². The Morgan fingerprint density at radius 3 is 2.70 bits per heavy atom. The molecular weight excluding hydrogens is 256 g/mol. The number of aryl methyl sites for hydroxylation is 1. The molecule has 0 saturated heterocycles. The molecule has 0 spiro atoms. The van der Waals surface area contributed by atoms with E-state index in [1.807, 2.05) is 41.9 Å². The molecule has 0 fully saturated rings. The Morgan fingerprint density at radius 2 is 2.10 bits per heavy atom. The van der Waals surface area contributed by atoms with Gasteiger partial charge >= 0.3 is 0 Å². The van der Waals surface area contributed by atoms with Gasteiger partial charge in [0.05, 0.1) is 13.3 Å². The van der Waals surface area contributed by atoms with E-state index in [0.717, 1.165) is 18.0 Å². The van der Waals surface area contributed by atoms with Crippen molar-refractivity contribution in [3.05, 3.63) is 42.2 Å². The molecule has 1 atom stereocenters. The summed E-state index contributed by atoms with van der Waals surface area (Å²) in [4.78, 5) is 0. The topological polar surface area (TPSA) is 74.3 Å². The molecule has 1 aromatic carbocycles. The fraction of sp³-hybridized carbons (Fsp3) is 0.357. The quantitative estimate of drug-likeness (QED) is 0.592. The molecule has 6 nitrogen and oxygen atoms in total. The SMILES string of the molecule is CCn1ncc(OC)c1C(COc1ccccc1)NN. The van der Waals surface area contributed by atoms with Crippen molar-refractivity contribution in [1.29, 1.82) is 0 Å². The third-order valence-corrected chi connectivity index (χ3v) is 3.06. The Balaban J connectivity index is 2.13. The molecule has 0 saturated carbocycles. The van der Waals surface area contributed by atoms with Crippen LogP contribution in [0.2, 0.25) is 0 Å². The van der Waals surface area contributed by atoms with Gasteiger partial charge in [-0.2, -0.15) is 5.10 Å². The Morgan fingerprint density at radius 1 is 1.35 bits per heavy atom. The van der Waals surface area contributed by atoms with Crippen LogP contribution in [0, 0.1) is 0 Å². The van der Waals surface area contributed by atoms with Gasteiger partial charge in [0.1, 0.15) is 24.1 Å². The highest BCUT2D eigenvalue weighted by molar-refractivity contribution is 5.29. The number of nitrogens with zero attached hydrogens (tertiary/aromatic N) is 2. The highest BCUT2D eigenvalue weighted by atomic mass is 16.5. The fourth-order valence-corrected chi connectivity index (χ4v) is 2.04. The summed E-state index contributed by atoms with van der Waals surface area (Å²) >= 11 is 0. The zero-order valence-electron chi connectivity index (χ0n) is 11.7. The number of methoxy groups -OCH3 is 1. The van der Waals surface area contributed by atoms with E-state index in [1.54, 1.807) is 13.3 Å². The van der Waals surface area contributed by atoms with Crippen molar-refractivity contribution in [2.24, 2.45) is 5.84 Å². The summed E-state index contributed by atoms with van der Waals surface area (Å²) in [6, 6.07) is 9.41. The van der Waals surface area contributed by atoms with Gasteiger partial charge in [-0.3, -0.25) is 10.5 Å². The summed E-state index contributed by atoms with van der Waals surface area (Å²) in [5.41, 5.74) is 3.64. The summed E-state index contributed by atoms with van der Waals surface area (Å²) in [6.45, 7) is 3.15. The van der Waals surface area contributed by atoms with Crippen LogP contribution in [-0.2, 0) is 6.54 Å². The normalized spacial score (nSPS) is 12.2. The van der Waals surface area contributed by atoms with Crippen molar-refractivity contribution in [2.45, 2.75) is 19.5 Å². The van der Waals surface area contributed by atoms with Gasteiger partial charge in [-0.25, -0.2) is 5.43 Å². The minimum atomic E-state index is -0.201. The van der Waals surface area contributed by atoms with Gasteiger partial charge in [-0.05, 0) is 19.1 Å². The number of aromatic nitrogens is 2. The molecule has 6 heteroatoms. The smallest absolute Gasteiger partial charge is 0.161 e. The maximum absolute atomic E-state index is 5.74. The maximum Gasteiger partial charge on any atom is 0.161 e. The van der Waals surface area contributed by atoms with Crippen LogP contribution in [0.1, 0.15) is 18.7 Å². The van der Waals surface area contributed by atoms with Crippen molar-refractivity contribution in [2.75, 3.05) is 13.7 Å². The summed E-state index contributed by atoms with van der Waals surface area (Å²) in [5, 5.41) is 4.27. The molecule has 108 valence electrons. The van der Waals surface area contributed by atoms with E-state index < -0.39 is 0 Å². The van der Waals surface area contributed by atoms with Crippen molar-refractivity contribution in [3.8, 4) is 11.5 Å². The molecule has 2 aromatic rings. The Bertz CT molecular complexity index is 506. The van der Waals surface area contributed by atoms with Crippen molar-refractivity contribution >= 4 is 0 Å². The number of nitrogens with one attached hydrogen (secondary N) is 1. The van der Waals surface area contributed by atoms with Crippen molar-refractivity contribution < 1.29 is 9.47 Å². The van der Waals surface area contributed by atoms with Gasteiger partial charge in [0.25, 0.3) is 0 Å². The number of hydrogen-bond acceptors (Lipinski definition) is 5. The average molecular weight is 276 g/mol. The zero-order valence-corrected chi connectivity index (χ0v) is 11.7. The van der Waals surface area contributed by atoms with Crippen LogP contribution in [0.15, 0.2) is 36.5 Å². The van der Waals surface area contributed by atoms with Crippen LogP contribution in [0.3, 0.4) is 0 Å². The predicted octanol–water partition coefficient (Wildman–Crippen LogP) is 1.49. The van der Waals surface area contributed by atoms with Gasteiger partial charge < -0.3 is 9.47 Å². The fourth-order valence-electron chi connectivity index (χ4n) is 2.04. The lowest BCUT2D eigenvalue weighted by molar-refractivity contribution is 0.255. The summed E-state index contributed by atoms with van der Waals surface area (Å²) < 4.78 is 12.9. The third-order valence-electron chi connectivity index (χ3n) is 3.06. The van der Waals surface area contributed by atoms with Gasteiger partial charge in [-0.15, -0.1) is 0 Å². The molecule has 0 radical (unpaired) electrons. The van der Waals surface area contributed by atoms with Crippen LogP contribution < -0.4 is 20.7 Å². The Kier molecular flexibility index (Phi) is 4.97. The summed E-state index contributed by atoms with van der Waals surface area (Å²) in [5.74, 6) is 7.15. The largest absolute Gasteiger partial charge is 0.493 e. The number of nitrogens with two attached hydrogens (primary N) is 1. The van der Waals surface area contributed by atoms with Crippen LogP contribution in [0.25, 0.3) is 0 Å². The van der Waals surface area contributed by atoms with E-state index in [4.69, 9.17) is 15.3 Å². The second kappa shape index (κ2) is 6.93. The molecule has 1 unspecified atom stereocenters. The van der Waals surface area contributed by atoms with E-state index in [9.17, 15) is 0 Å². The van der Waals surface area contributed by atoms with E-state index in [-0.39, 0.29) is 6.04 Å². The monoisotopic (exact) mass is 276 g/mol. The van der Waals surface area contributed by atoms with Crippen LogP contribution in [0.5, 0.6) is 11.5 Å². The van der Waals surface area contributed by atoms with E-state index in [0.29, 0.717) is 12.4 Å². The average Bonchev–Trinajstić information content (AvgIpc) is 2.92. The first-order valence-electron chi connectivity index (χ1n) is 6.53. The molecule has 1 aromatic heterocycles. The van der Waals surface area contributed by atoms with Gasteiger partial charge in [0.2, 0.25) is 0 Å². The molecule has 3 N–H and O–H groups in total. The lowest BCUT2D eigenvalue weighted by Crippen LogP contribution is -2.34. The molecule has 0 aliphatic carbocycles. The molecular formula is C14H20N4O2. The summed E-state index contributed by atoms with van der Waals surface area (Å²) in [6.07, 6.45) is 1.69. The first kappa shape index (κ1) is 14.4. The van der Waals surface area contributed by atoms with Gasteiger partial charge in [0, 0.05) is 6.54 Å². The molecule has 0 amide bonds. The zero-order chi connectivity index (χ0) is 14.4. The third kappa shape index (κ3) is 3.09. The number of ether oxygens (including phenoxy) is 2. The molecule has 0 bridgehead atoms. The van der Waals surface area contributed by atoms with E-state index >= 15 is 0 Å². The van der Waals surface area contributed by atoms with Crippen LogP contribution in [0.4, 0.5) is 0 Å². The van der Waals surface area contributed by atoms with Gasteiger partial charge in [0.15, 0.2) is 5.75 Å². The van der Waals surface area contributed by atoms with Gasteiger partial charge in [-0.1, -0.05) is 18.2 Å². The second-order valence-electron chi connectivity index (χ2n) is 4.26. The molecule has 0 aliphatic heterocycles. The minimum absolute atomic E-state index is 0.201. The number of para-hydroxylation sites is 1. The van der Waals surface area contributed by atoms with Crippen molar-refractivity contribution in [3.63, 3.8) is 0 Å². The molecule has 1 heterocycles. The first-order valence-corrected chi connectivity index (χ1v) is 6.53. The lowest BCUT2D eigenvalue weighted by atomic mass is 10.2. The maximum atomic E-state index is 5.74.